The molecule has 0 spiro atoms. The van der Waals surface area contributed by atoms with Crippen molar-refractivity contribution in [1.29, 1.82) is 0 Å². The Morgan fingerprint density at radius 2 is 1.68 bits per heavy atom. The second-order valence-electron chi connectivity index (χ2n) is 7.61. The van der Waals surface area contributed by atoms with Crippen molar-refractivity contribution >= 4 is 34.4 Å². The van der Waals surface area contributed by atoms with Gasteiger partial charge in [-0.05, 0) is 43.4 Å². The van der Waals surface area contributed by atoms with Gasteiger partial charge in [-0.25, -0.2) is 14.1 Å². The average Bonchev–Trinajstić information content (AvgIpc) is 3.11. The minimum Gasteiger partial charge on any atom is -0.383 e. The van der Waals surface area contributed by atoms with E-state index in [1.54, 1.807) is 35.0 Å². The molecule has 3 heterocycles. The van der Waals surface area contributed by atoms with E-state index in [0.717, 1.165) is 31.9 Å². The number of nitrogens with zero attached hydrogens (tertiary/aromatic N) is 6. The van der Waals surface area contributed by atoms with Gasteiger partial charge in [-0.15, -0.1) is 5.10 Å². The average molecular weight is 438 g/mol. The number of fused-ring (bicyclic) bond motifs is 1. The highest BCUT2D eigenvalue weighted by molar-refractivity contribution is 6.30. The normalized spacial score (nSPS) is 15.0. The Kier molecular flexibility index (Phi) is 4.95. The maximum atomic E-state index is 14.8. The molecule has 2 aromatic heterocycles. The van der Waals surface area contributed by atoms with E-state index in [4.69, 9.17) is 27.3 Å². The summed E-state index contributed by atoms with van der Waals surface area (Å²) in [6.45, 7) is 3.37. The van der Waals surface area contributed by atoms with Gasteiger partial charge in [-0.2, -0.15) is 4.98 Å². The number of piperazine rings is 1. The van der Waals surface area contributed by atoms with E-state index in [2.05, 4.69) is 21.9 Å². The lowest BCUT2D eigenvalue weighted by Crippen LogP contribution is -2.45. The van der Waals surface area contributed by atoms with E-state index >= 15 is 0 Å². The lowest BCUT2D eigenvalue weighted by Gasteiger charge is -2.32. The Labute approximate surface area is 183 Å². The van der Waals surface area contributed by atoms with Crippen molar-refractivity contribution in [2.75, 3.05) is 43.9 Å². The maximum Gasteiger partial charge on any atom is 0.228 e. The van der Waals surface area contributed by atoms with Crippen LogP contribution in [0.15, 0.2) is 48.5 Å². The Hall–Kier alpha value is -3.23. The van der Waals surface area contributed by atoms with Crippen LogP contribution in [0.3, 0.4) is 0 Å². The van der Waals surface area contributed by atoms with Gasteiger partial charge in [0.1, 0.15) is 11.6 Å². The smallest absolute Gasteiger partial charge is 0.228 e. The van der Waals surface area contributed by atoms with Crippen molar-refractivity contribution in [3.8, 4) is 16.9 Å². The van der Waals surface area contributed by atoms with Gasteiger partial charge in [-0.3, -0.25) is 0 Å². The highest BCUT2D eigenvalue weighted by atomic mass is 35.5. The van der Waals surface area contributed by atoms with Gasteiger partial charge in [0.15, 0.2) is 5.65 Å². The van der Waals surface area contributed by atoms with Crippen LogP contribution >= 0.6 is 11.6 Å². The molecule has 4 aromatic rings. The number of halogens is 2. The maximum absolute atomic E-state index is 14.8. The van der Waals surface area contributed by atoms with E-state index in [-0.39, 0.29) is 5.82 Å². The molecule has 7 nitrogen and oxygen atoms in total. The summed E-state index contributed by atoms with van der Waals surface area (Å²) in [6, 6.07) is 13.7. The molecule has 5 rings (SSSR count). The first-order valence-electron chi connectivity index (χ1n) is 10.0. The summed E-state index contributed by atoms with van der Waals surface area (Å²) in [4.78, 5) is 13.8. The van der Waals surface area contributed by atoms with E-state index in [0.29, 0.717) is 39.1 Å². The van der Waals surface area contributed by atoms with Crippen molar-refractivity contribution in [2.45, 2.75) is 0 Å². The molecule has 9 heteroatoms. The summed E-state index contributed by atoms with van der Waals surface area (Å²) in [5.74, 6) is 0.505. The number of anilines is 2. The predicted octanol–water partition coefficient (Wildman–Crippen LogP) is 3.61. The molecule has 0 aliphatic carbocycles. The zero-order valence-corrected chi connectivity index (χ0v) is 17.7. The third-order valence-corrected chi connectivity index (χ3v) is 5.80. The number of nitrogens with two attached hydrogens (primary N) is 1. The molecule has 0 bridgehead atoms. The summed E-state index contributed by atoms with van der Waals surface area (Å²) in [5.41, 5.74) is 8.46. The summed E-state index contributed by atoms with van der Waals surface area (Å²) in [6.07, 6.45) is 0. The van der Waals surface area contributed by atoms with Crippen molar-refractivity contribution in [3.05, 3.63) is 59.4 Å². The fourth-order valence-corrected chi connectivity index (χ4v) is 3.90. The molecule has 2 aromatic carbocycles. The first-order valence-corrected chi connectivity index (χ1v) is 10.4. The molecule has 1 saturated heterocycles. The number of aromatic nitrogens is 4. The second kappa shape index (κ2) is 7.79. The van der Waals surface area contributed by atoms with Crippen molar-refractivity contribution in [1.82, 2.24) is 24.6 Å². The second-order valence-corrected chi connectivity index (χ2v) is 8.05. The van der Waals surface area contributed by atoms with Gasteiger partial charge >= 0.3 is 0 Å². The van der Waals surface area contributed by atoms with Gasteiger partial charge in [0.2, 0.25) is 5.95 Å². The van der Waals surface area contributed by atoms with Crippen molar-refractivity contribution in [2.24, 2.45) is 0 Å². The molecule has 31 heavy (non-hydrogen) atoms. The van der Waals surface area contributed by atoms with Gasteiger partial charge in [0.25, 0.3) is 0 Å². The summed E-state index contributed by atoms with van der Waals surface area (Å²) >= 11 is 6.02. The summed E-state index contributed by atoms with van der Waals surface area (Å²) in [5, 5.41) is 5.78. The Balaban J connectivity index is 1.73. The topological polar surface area (TPSA) is 76.1 Å². The number of rotatable bonds is 3. The van der Waals surface area contributed by atoms with Crippen LogP contribution < -0.4 is 10.6 Å². The van der Waals surface area contributed by atoms with Gasteiger partial charge in [0, 0.05) is 36.8 Å². The van der Waals surface area contributed by atoms with E-state index in [1.165, 1.54) is 6.07 Å². The summed E-state index contributed by atoms with van der Waals surface area (Å²) < 4.78 is 16.4. The van der Waals surface area contributed by atoms with Crippen LogP contribution in [0.4, 0.5) is 16.2 Å². The number of nitrogen functional groups attached to an aromatic ring is 1. The lowest BCUT2D eigenvalue weighted by molar-refractivity contribution is 0.311. The highest BCUT2D eigenvalue weighted by Gasteiger charge is 2.24. The van der Waals surface area contributed by atoms with Crippen LogP contribution in [0.1, 0.15) is 0 Å². The quantitative estimate of drug-likeness (QED) is 0.527. The Morgan fingerprint density at radius 3 is 2.39 bits per heavy atom. The fourth-order valence-electron chi connectivity index (χ4n) is 3.78. The van der Waals surface area contributed by atoms with Gasteiger partial charge in [0.05, 0.1) is 16.8 Å². The molecule has 1 aliphatic heterocycles. The minimum absolute atomic E-state index is 0.348. The molecule has 2 N–H and O–H groups in total. The summed E-state index contributed by atoms with van der Waals surface area (Å²) in [7, 11) is 2.08. The number of hydrogen-bond donors (Lipinski definition) is 1. The lowest BCUT2D eigenvalue weighted by atomic mass is 10.1. The SMILES string of the molecule is CN1CCN(c2nc(-c3ccccc3F)c3c(N)n(-c4ccc(Cl)cc4)nc3n2)CC1. The van der Waals surface area contributed by atoms with Crippen LogP contribution in [0.25, 0.3) is 28.0 Å². The van der Waals surface area contributed by atoms with Crippen LogP contribution in [0, 0.1) is 5.82 Å². The van der Waals surface area contributed by atoms with Gasteiger partial charge in [-0.1, -0.05) is 23.7 Å². The number of benzene rings is 2. The largest absolute Gasteiger partial charge is 0.383 e. The predicted molar refractivity (Wildman–Crippen MR) is 121 cm³/mol. The molecule has 0 saturated carbocycles. The van der Waals surface area contributed by atoms with E-state index in [9.17, 15) is 4.39 Å². The monoisotopic (exact) mass is 437 g/mol. The molecule has 0 unspecified atom stereocenters. The third-order valence-electron chi connectivity index (χ3n) is 5.54. The van der Waals surface area contributed by atoms with Crippen LogP contribution in [0.2, 0.25) is 5.02 Å². The molecular weight excluding hydrogens is 417 g/mol. The van der Waals surface area contributed by atoms with Crippen LogP contribution in [-0.2, 0) is 0 Å². The van der Waals surface area contributed by atoms with Crippen molar-refractivity contribution in [3.63, 3.8) is 0 Å². The minimum atomic E-state index is -0.370. The molecule has 158 valence electrons. The highest BCUT2D eigenvalue weighted by Crippen LogP contribution is 2.34. The molecule has 1 fully saturated rings. The van der Waals surface area contributed by atoms with Crippen LogP contribution in [-0.4, -0.2) is 57.9 Å². The molecular formula is C22H21ClFN7. The van der Waals surface area contributed by atoms with E-state index < -0.39 is 0 Å². The number of hydrogen-bond acceptors (Lipinski definition) is 6. The molecule has 0 radical (unpaired) electrons. The third kappa shape index (κ3) is 3.58. The van der Waals surface area contributed by atoms with E-state index in [1.807, 2.05) is 12.1 Å². The Morgan fingerprint density at radius 1 is 0.968 bits per heavy atom. The Bertz CT molecular complexity index is 1250. The fraction of sp³-hybridized carbons (Fsp3) is 0.227. The zero-order chi connectivity index (χ0) is 21.5. The van der Waals surface area contributed by atoms with Crippen molar-refractivity contribution < 1.29 is 4.39 Å². The zero-order valence-electron chi connectivity index (χ0n) is 17.0. The molecule has 0 amide bonds. The first-order chi connectivity index (χ1) is 15.0. The number of likely N-dealkylation sites (N-methyl/N-ethyl adjacent to an activating group) is 1. The molecule has 1 aliphatic rings. The van der Waals surface area contributed by atoms with Crippen LogP contribution in [0.5, 0.6) is 0 Å². The van der Waals surface area contributed by atoms with Gasteiger partial charge < -0.3 is 15.5 Å². The first kappa shape index (κ1) is 19.7. The molecule has 0 atom stereocenters. The standard InChI is InChI=1S/C22H21ClFN7/c1-29-10-12-30(13-11-29)22-26-19(16-4-2-3-5-17(16)24)18-20(25)31(28-21(18)27-22)15-8-6-14(23)7-9-15/h2-9H,10-13,25H2,1H3.